The number of carboxylic acids is 1. The van der Waals surface area contributed by atoms with Crippen LogP contribution in [0, 0.1) is 28.6 Å². The molecule has 0 amide bonds. The molecule has 1 aliphatic heterocycles. The summed E-state index contributed by atoms with van der Waals surface area (Å²) >= 11 is 1.56. The summed E-state index contributed by atoms with van der Waals surface area (Å²) in [5.74, 6) is -2.79. The van der Waals surface area contributed by atoms with E-state index in [1.165, 1.54) is 19.1 Å². The van der Waals surface area contributed by atoms with Crippen molar-refractivity contribution in [2.24, 2.45) is 28.6 Å². The molecule has 3 saturated carbocycles. The molecule has 45 heavy (non-hydrogen) atoms. The molecule has 3 N–H and O–H groups in total. The first-order valence-corrected chi connectivity index (χ1v) is 16.3. The number of thioether (sulfide) groups is 1. The van der Waals surface area contributed by atoms with Crippen molar-refractivity contribution in [3.63, 3.8) is 0 Å². The van der Waals surface area contributed by atoms with Crippen LogP contribution in [0.3, 0.4) is 0 Å². The number of carboxylic acid groups (broad SMARTS) is 1. The van der Waals surface area contributed by atoms with Gasteiger partial charge in [0.25, 0.3) is 0 Å². The summed E-state index contributed by atoms with van der Waals surface area (Å²) in [6.07, 6.45) is 5.59. The largest absolute Gasteiger partial charge is 0.513 e. The average molecular weight is 640 g/mol. The summed E-state index contributed by atoms with van der Waals surface area (Å²) < 4.78 is 33.2. The van der Waals surface area contributed by atoms with E-state index in [1.807, 2.05) is 24.3 Å². The van der Waals surface area contributed by atoms with E-state index < -0.39 is 63.9 Å². The number of carbonyl (C=O) groups is 2. The van der Waals surface area contributed by atoms with Crippen molar-refractivity contribution in [3.05, 3.63) is 89.1 Å². The number of hydrogen-bond donors (Lipinski definition) is 3. The molecule has 4 fully saturated rings. The summed E-state index contributed by atoms with van der Waals surface area (Å²) in [5.41, 5.74) is -4.99. The van der Waals surface area contributed by atoms with E-state index in [1.54, 1.807) is 48.9 Å². The van der Waals surface area contributed by atoms with Crippen molar-refractivity contribution in [2.45, 2.75) is 69.3 Å². The maximum Gasteiger partial charge on any atom is 0.339 e. The zero-order valence-electron chi connectivity index (χ0n) is 25.6. The first kappa shape index (κ1) is 31.8. The number of rotatable bonds is 7. The minimum Gasteiger partial charge on any atom is -0.513 e. The van der Waals surface area contributed by atoms with Gasteiger partial charge in [0.05, 0.1) is 24.1 Å². The Kier molecular flexibility index (Phi) is 7.73. The molecular formula is C35H39F2NO6S. The molecule has 1 aromatic carbocycles. The molecule has 0 unspecified atom stereocenters. The van der Waals surface area contributed by atoms with E-state index in [-0.39, 0.29) is 30.7 Å². The van der Waals surface area contributed by atoms with Crippen LogP contribution < -0.4 is 5.06 Å². The van der Waals surface area contributed by atoms with Gasteiger partial charge in [-0.3, -0.25) is 14.7 Å². The Labute approximate surface area is 266 Å². The fourth-order valence-corrected chi connectivity index (χ4v) is 9.87. The summed E-state index contributed by atoms with van der Waals surface area (Å²) in [6.45, 7) is 8.95. The normalized spacial score (nSPS) is 40.8. The van der Waals surface area contributed by atoms with Crippen molar-refractivity contribution in [1.82, 2.24) is 0 Å². The second-order valence-corrected chi connectivity index (χ2v) is 14.6. The Hall–Kier alpha value is -3.21. The minimum atomic E-state index is -2.28. The lowest BCUT2D eigenvalue weighted by Gasteiger charge is -2.62. The monoisotopic (exact) mass is 639 g/mol. The number of hydroxylamine groups is 1. The van der Waals surface area contributed by atoms with Crippen LogP contribution in [-0.4, -0.2) is 57.2 Å². The Bertz CT molecular complexity index is 1550. The van der Waals surface area contributed by atoms with Crippen LogP contribution in [0.4, 0.5) is 14.5 Å². The standard InChI is InChI=1S/C35H39F2NO6S/c1-5-25(11-6-20(2)39)45-19-21-7-9-23(10-8-21)38-18-22-14-26-27-16-29(36)28-15-24(40)12-13-32(28,3)34(27,37)30(41)17-33(26,4)35(22,44-38)31(42)43/h5-13,15,22,26-27,29-30,39,41H,1,14,16-19H2,2-4H3,(H,42,43)/b20-6+,25-11+/t22-,26-,27-,29-,30-,32-,33-,34-,35-/m0/s1. The van der Waals surface area contributed by atoms with Gasteiger partial charge in [-0.2, -0.15) is 0 Å². The highest BCUT2D eigenvalue weighted by Gasteiger charge is 2.80. The Morgan fingerprint density at radius 2 is 1.89 bits per heavy atom. The van der Waals surface area contributed by atoms with Crippen LogP contribution >= 0.6 is 11.8 Å². The van der Waals surface area contributed by atoms with Gasteiger partial charge >= 0.3 is 5.97 Å². The Morgan fingerprint density at radius 1 is 1.18 bits per heavy atom. The lowest BCUT2D eigenvalue weighted by molar-refractivity contribution is -0.233. The molecule has 5 aliphatic rings. The number of alkyl halides is 2. The Balaban J connectivity index is 1.26. The number of fused-ring (bicyclic) bond motifs is 7. The number of hydrogen-bond acceptors (Lipinski definition) is 7. The number of anilines is 1. The average Bonchev–Trinajstić information content (AvgIpc) is 3.50. The van der Waals surface area contributed by atoms with Gasteiger partial charge in [-0.25, -0.2) is 13.6 Å². The maximum absolute atomic E-state index is 17.5. The van der Waals surface area contributed by atoms with Gasteiger partial charge in [0.1, 0.15) is 6.17 Å². The summed E-state index contributed by atoms with van der Waals surface area (Å²) in [7, 11) is 0. The van der Waals surface area contributed by atoms with Crippen LogP contribution in [0.5, 0.6) is 0 Å². The topological polar surface area (TPSA) is 107 Å². The molecule has 0 spiro atoms. The van der Waals surface area contributed by atoms with Gasteiger partial charge in [0, 0.05) is 33.3 Å². The molecule has 7 nitrogen and oxygen atoms in total. The molecule has 10 heteroatoms. The smallest absolute Gasteiger partial charge is 0.339 e. The Morgan fingerprint density at radius 3 is 2.53 bits per heavy atom. The molecule has 4 aliphatic carbocycles. The predicted molar refractivity (Wildman–Crippen MR) is 169 cm³/mol. The second-order valence-electron chi connectivity index (χ2n) is 13.5. The number of aliphatic hydroxyl groups excluding tert-OH is 2. The van der Waals surface area contributed by atoms with Crippen LogP contribution in [0.2, 0.25) is 0 Å². The molecule has 6 rings (SSSR count). The number of benzene rings is 1. The van der Waals surface area contributed by atoms with Gasteiger partial charge in [0.15, 0.2) is 11.5 Å². The van der Waals surface area contributed by atoms with Gasteiger partial charge in [0.2, 0.25) is 5.60 Å². The lowest BCUT2D eigenvalue weighted by atomic mass is 9.44. The van der Waals surface area contributed by atoms with E-state index in [9.17, 15) is 24.9 Å². The first-order valence-electron chi connectivity index (χ1n) is 15.3. The van der Waals surface area contributed by atoms with Crippen LogP contribution in [0.25, 0.3) is 0 Å². The quantitative estimate of drug-likeness (QED) is 0.227. The van der Waals surface area contributed by atoms with Crippen molar-refractivity contribution in [3.8, 4) is 0 Å². The third-order valence-corrected chi connectivity index (χ3v) is 12.4. The number of aliphatic carboxylic acids is 1. The second kappa shape index (κ2) is 11.0. The van der Waals surface area contributed by atoms with Crippen LogP contribution in [0.15, 0.2) is 83.5 Å². The molecular weight excluding hydrogens is 600 g/mol. The van der Waals surface area contributed by atoms with Crippen molar-refractivity contribution in [1.29, 1.82) is 0 Å². The highest BCUT2D eigenvalue weighted by molar-refractivity contribution is 8.02. The summed E-state index contributed by atoms with van der Waals surface area (Å²) in [6, 6.07) is 7.60. The fraction of sp³-hybridized carbons (Fsp3) is 0.486. The SMILES string of the molecule is C=C/C(=C\C=C(/C)O)SCc1ccc(N2C[C@@H]3C[C@H]4[C@@H]5C[C@H](F)C6=CC(=O)C=C[C@]6(C)[C@@]5(F)[C@@H](O)C[C@]4(C)[C@]3(C(=O)O)O2)cc1. The van der Waals surface area contributed by atoms with Crippen LogP contribution in [-0.2, 0) is 20.2 Å². The van der Waals surface area contributed by atoms with E-state index in [0.29, 0.717) is 17.9 Å². The number of ketones is 1. The van der Waals surface area contributed by atoms with Gasteiger partial charge in [-0.15, -0.1) is 11.8 Å². The fourth-order valence-electron chi connectivity index (χ4n) is 9.07. The highest BCUT2D eigenvalue weighted by atomic mass is 32.2. The predicted octanol–water partition coefficient (Wildman–Crippen LogP) is 6.57. The zero-order valence-corrected chi connectivity index (χ0v) is 26.4. The molecule has 0 radical (unpaired) electrons. The summed E-state index contributed by atoms with van der Waals surface area (Å²) in [4.78, 5) is 32.6. The van der Waals surface area contributed by atoms with Gasteiger partial charge in [-0.05, 0) is 86.6 Å². The number of allylic oxidation sites excluding steroid dienone is 8. The zero-order chi connectivity index (χ0) is 32.5. The van der Waals surface area contributed by atoms with E-state index >= 15 is 8.78 Å². The number of halogens is 2. The molecule has 240 valence electrons. The molecule has 1 heterocycles. The maximum atomic E-state index is 17.5. The van der Waals surface area contributed by atoms with Crippen molar-refractivity contribution < 1.29 is 38.5 Å². The molecule has 0 bridgehead atoms. The third-order valence-electron chi connectivity index (χ3n) is 11.3. The third kappa shape index (κ3) is 4.50. The van der Waals surface area contributed by atoms with Crippen molar-refractivity contribution >= 4 is 29.2 Å². The van der Waals surface area contributed by atoms with E-state index in [2.05, 4.69) is 6.58 Å². The highest BCUT2D eigenvalue weighted by Crippen LogP contribution is 2.72. The molecule has 9 atom stereocenters. The van der Waals surface area contributed by atoms with Gasteiger partial charge in [-0.1, -0.05) is 37.8 Å². The number of aliphatic hydroxyl groups is 2. The van der Waals surface area contributed by atoms with Gasteiger partial charge < -0.3 is 15.3 Å². The number of nitrogens with zero attached hydrogens (tertiary/aromatic N) is 1. The van der Waals surface area contributed by atoms with Crippen LogP contribution in [0.1, 0.15) is 45.6 Å². The minimum absolute atomic E-state index is 0.0423. The molecule has 1 saturated heterocycles. The lowest BCUT2D eigenvalue weighted by Crippen LogP contribution is -2.70. The molecule has 0 aromatic heterocycles. The van der Waals surface area contributed by atoms with E-state index in [4.69, 9.17) is 4.84 Å². The van der Waals surface area contributed by atoms with E-state index in [0.717, 1.165) is 16.5 Å². The van der Waals surface area contributed by atoms with Crippen molar-refractivity contribution in [2.75, 3.05) is 11.6 Å². The first-order chi connectivity index (χ1) is 21.2. The molecule has 1 aromatic rings. The summed E-state index contributed by atoms with van der Waals surface area (Å²) in [5, 5.41) is 33.4. The number of carbonyl (C=O) groups excluding carboxylic acids is 1.